The molecule has 1 saturated heterocycles. The Hall–Kier alpha value is -1.06. The largest absolute Gasteiger partial charge is 0.481 e. The van der Waals surface area contributed by atoms with Crippen LogP contribution in [0.5, 0.6) is 0 Å². The molecule has 4 nitrogen and oxygen atoms in total. The van der Waals surface area contributed by atoms with E-state index in [-0.39, 0.29) is 18.3 Å². The van der Waals surface area contributed by atoms with E-state index in [4.69, 9.17) is 9.84 Å². The number of carbonyl (C=O) groups excluding carboxylic acids is 1. The third-order valence-corrected chi connectivity index (χ3v) is 2.72. The van der Waals surface area contributed by atoms with Crippen LogP contribution in [0, 0.1) is 5.92 Å². The van der Waals surface area contributed by atoms with E-state index in [9.17, 15) is 9.59 Å². The van der Waals surface area contributed by atoms with E-state index >= 15 is 0 Å². The third-order valence-electron chi connectivity index (χ3n) is 2.72. The molecule has 1 aliphatic heterocycles. The van der Waals surface area contributed by atoms with Gasteiger partial charge in [-0.2, -0.15) is 0 Å². The molecule has 0 spiro atoms. The van der Waals surface area contributed by atoms with Gasteiger partial charge in [0.15, 0.2) is 0 Å². The molecule has 0 aromatic carbocycles. The summed E-state index contributed by atoms with van der Waals surface area (Å²) in [4.78, 5) is 21.3. The molecule has 1 N–H and O–H groups in total. The topological polar surface area (TPSA) is 63.6 Å². The van der Waals surface area contributed by atoms with E-state index in [1.165, 1.54) is 0 Å². The molecule has 1 atom stereocenters. The molecule has 0 amide bonds. The van der Waals surface area contributed by atoms with Crippen molar-refractivity contribution in [1.82, 2.24) is 0 Å². The normalized spacial score (nSPS) is 24.7. The number of carboxylic acid groups (broad SMARTS) is 1. The van der Waals surface area contributed by atoms with Crippen molar-refractivity contribution in [3.05, 3.63) is 0 Å². The third kappa shape index (κ3) is 2.72. The molecule has 1 heterocycles. The summed E-state index contributed by atoms with van der Waals surface area (Å²) in [7, 11) is 0. The van der Waals surface area contributed by atoms with Crippen LogP contribution in [0.3, 0.4) is 0 Å². The highest BCUT2D eigenvalue weighted by molar-refractivity contribution is 5.72. The highest BCUT2D eigenvalue weighted by atomic mass is 16.6. The Labute approximate surface area is 83.2 Å². The van der Waals surface area contributed by atoms with Crippen molar-refractivity contribution in [1.29, 1.82) is 0 Å². The summed E-state index contributed by atoms with van der Waals surface area (Å²) in [5.74, 6) is -0.794. The minimum atomic E-state index is -0.784. The van der Waals surface area contributed by atoms with Crippen molar-refractivity contribution < 1.29 is 19.4 Å². The average molecular weight is 200 g/mol. The van der Waals surface area contributed by atoms with Crippen LogP contribution in [0.15, 0.2) is 0 Å². The number of hydrogen-bond acceptors (Lipinski definition) is 3. The van der Waals surface area contributed by atoms with Gasteiger partial charge in [-0.1, -0.05) is 0 Å². The molecule has 4 heteroatoms. The number of hydrogen-bond donors (Lipinski definition) is 1. The smallest absolute Gasteiger partial charge is 0.306 e. The molecule has 0 aliphatic carbocycles. The first-order valence-electron chi connectivity index (χ1n) is 4.85. The van der Waals surface area contributed by atoms with Crippen molar-refractivity contribution in [2.75, 3.05) is 0 Å². The monoisotopic (exact) mass is 200 g/mol. The maximum atomic E-state index is 11.0. The lowest BCUT2D eigenvalue weighted by atomic mass is 9.86. The molecule has 0 aromatic rings. The summed E-state index contributed by atoms with van der Waals surface area (Å²) < 4.78 is 5.13. The van der Waals surface area contributed by atoms with E-state index in [0.717, 1.165) is 6.42 Å². The summed E-state index contributed by atoms with van der Waals surface area (Å²) in [5.41, 5.74) is -0.421. The van der Waals surface area contributed by atoms with Crippen LogP contribution in [-0.4, -0.2) is 22.6 Å². The van der Waals surface area contributed by atoms with Crippen LogP contribution in [0.4, 0.5) is 0 Å². The first-order chi connectivity index (χ1) is 6.42. The molecule has 1 rings (SSSR count). The zero-order valence-electron chi connectivity index (χ0n) is 8.58. The van der Waals surface area contributed by atoms with Gasteiger partial charge >= 0.3 is 11.9 Å². The minimum Gasteiger partial charge on any atom is -0.481 e. The quantitative estimate of drug-likeness (QED) is 0.700. The van der Waals surface area contributed by atoms with Crippen molar-refractivity contribution in [2.24, 2.45) is 5.92 Å². The van der Waals surface area contributed by atoms with E-state index in [1.54, 1.807) is 0 Å². The van der Waals surface area contributed by atoms with Gasteiger partial charge in [-0.05, 0) is 26.7 Å². The summed E-state index contributed by atoms with van der Waals surface area (Å²) in [6.45, 7) is 3.76. The van der Waals surface area contributed by atoms with Gasteiger partial charge in [0.25, 0.3) is 0 Å². The summed E-state index contributed by atoms with van der Waals surface area (Å²) in [5, 5.41) is 8.47. The molecule has 1 fully saturated rings. The van der Waals surface area contributed by atoms with Gasteiger partial charge in [-0.3, -0.25) is 9.59 Å². The molecule has 80 valence electrons. The molecule has 0 saturated carbocycles. The first kappa shape index (κ1) is 11.0. The number of aliphatic carboxylic acids is 1. The van der Waals surface area contributed by atoms with Gasteiger partial charge in [0.2, 0.25) is 0 Å². The van der Waals surface area contributed by atoms with Crippen LogP contribution in [0.2, 0.25) is 0 Å². The molecule has 0 radical (unpaired) electrons. The Morgan fingerprint density at radius 1 is 1.64 bits per heavy atom. The number of carbonyl (C=O) groups is 2. The van der Waals surface area contributed by atoms with E-state index in [0.29, 0.717) is 12.8 Å². The fraction of sp³-hybridized carbons (Fsp3) is 0.800. The molecule has 0 aromatic heterocycles. The predicted molar refractivity (Wildman–Crippen MR) is 49.8 cm³/mol. The first-order valence-corrected chi connectivity index (χ1v) is 4.85. The lowest BCUT2D eigenvalue weighted by Gasteiger charge is -2.24. The SMILES string of the molecule is CC1(C)OC(=O)C[C@H]1CCCC(=O)O. The maximum absolute atomic E-state index is 11.0. The van der Waals surface area contributed by atoms with Gasteiger partial charge < -0.3 is 9.84 Å². The average Bonchev–Trinajstić information content (AvgIpc) is 2.24. The molecular weight excluding hydrogens is 184 g/mol. The Morgan fingerprint density at radius 3 is 2.71 bits per heavy atom. The zero-order valence-corrected chi connectivity index (χ0v) is 8.58. The van der Waals surface area contributed by atoms with Gasteiger partial charge in [-0.25, -0.2) is 0 Å². The summed E-state index contributed by atoms with van der Waals surface area (Å²) in [6, 6.07) is 0. The fourth-order valence-electron chi connectivity index (χ4n) is 1.81. The van der Waals surface area contributed by atoms with Crippen molar-refractivity contribution in [3.8, 4) is 0 Å². The van der Waals surface area contributed by atoms with Crippen molar-refractivity contribution in [3.63, 3.8) is 0 Å². The minimum absolute atomic E-state index is 0.161. The Kier molecular flexibility index (Phi) is 3.13. The van der Waals surface area contributed by atoms with Gasteiger partial charge in [0.05, 0.1) is 6.42 Å². The molecule has 14 heavy (non-hydrogen) atoms. The number of cyclic esters (lactones) is 1. The number of ether oxygens (including phenoxy) is 1. The molecule has 1 aliphatic rings. The van der Waals surface area contributed by atoms with Crippen LogP contribution in [-0.2, 0) is 14.3 Å². The Bertz CT molecular complexity index is 245. The van der Waals surface area contributed by atoms with Crippen LogP contribution >= 0.6 is 0 Å². The van der Waals surface area contributed by atoms with E-state index in [1.807, 2.05) is 13.8 Å². The van der Waals surface area contributed by atoms with Gasteiger partial charge in [0, 0.05) is 12.3 Å². The number of esters is 1. The highest BCUT2D eigenvalue weighted by Gasteiger charge is 2.40. The molecular formula is C10H16O4. The zero-order chi connectivity index (χ0) is 10.8. The standard InChI is InChI=1S/C10H16O4/c1-10(2)7(6-9(13)14-10)4-3-5-8(11)12/h7H,3-6H2,1-2H3,(H,11,12)/t7-/m1/s1. The van der Waals surface area contributed by atoms with Crippen molar-refractivity contribution in [2.45, 2.75) is 45.1 Å². The maximum Gasteiger partial charge on any atom is 0.306 e. The predicted octanol–water partition coefficient (Wildman–Crippen LogP) is 1.58. The lowest BCUT2D eigenvalue weighted by Crippen LogP contribution is -2.27. The second kappa shape index (κ2) is 3.98. The van der Waals surface area contributed by atoms with Gasteiger partial charge in [0.1, 0.15) is 5.60 Å². The van der Waals surface area contributed by atoms with Gasteiger partial charge in [-0.15, -0.1) is 0 Å². The summed E-state index contributed by atoms with van der Waals surface area (Å²) >= 11 is 0. The highest BCUT2D eigenvalue weighted by Crippen LogP contribution is 2.35. The van der Waals surface area contributed by atoms with Crippen LogP contribution in [0.1, 0.15) is 39.5 Å². The van der Waals surface area contributed by atoms with E-state index < -0.39 is 11.6 Å². The Balaban J connectivity index is 2.37. The number of carboxylic acids is 1. The van der Waals surface area contributed by atoms with Crippen LogP contribution < -0.4 is 0 Å². The van der Waals surface area contributed by atoms with Crippen molar-refractivity contribution >= 4 is 11.9 Å². The van der Waals surface area contributed by atoms with E-state index in [2.05, 4.69) is 0 Å². The lowest BCUT2D eigenvalue weighted by molar-refractivity contribution is -0.146. The molecule has 0 unspecified atom stereocenters. The second-order valence-electron chi connectivity index (χ2n) is 4.26. The summed E-state index contributed by atoms with van der Waals surface area (Å²) in [6.07, 6.45) is 1.94. The van der Waals surface area contributed by atoms with Crippen LogP contribution in [0.25, 0.3) is 0 Å². The number of rotatable bonds is 4. The Morgan fingerprint density at radius 2 is 2.29 bits per heavy atom. The second-order valence-corrected chi connectivity index (χ2v) is 4.26. The molecule has 0 bridgehead atoms. The fourth-order valence-corrected chi connectivity index (χ4v) is 1.81.